The summed E-state index contributed by atoms with van der Waals surface area (Å²) >= 11 is 5.48. The second-order valence-corrected chi connectivity index (χ2v) is 4.88. The Kier molecular flexibility index (Phi) is 16.0. The molecule has 0 atom stereocenters. The van der Waals surface area contributed by atoms with Crippen molar-refractivity contribution in [2.45, 2.75) is 54.4 Å². The van der Waals surface area contributed by atoms with E-state index in [4.69, 9.17) is 16.3 Å². The van der Waals surface area contributed by atoms with Crippen molar-refractivity contribution in [3.8, 4) is 0 Å². The average Bonchev–Trinajstić information content (AvgIpc) is 2.64. The summed E-state index contributed by atoms with van der Waals surface area (Å²) in [5.41, 5.74) is -0.130. The standard InChI is InChI=1S/C14H19ClN2O4.2C2H6/c1-3-4-7-21-14(20)10-8-9(2)11(17-12(10)18)13(19)16-6-5-15;2*1-2/h8H,3-7H2,1-2H3,(H,16,19)(H,17,18);2*1-2H3. The maximum Gasteiger partial charge on any atom is 0.343 e. The van der Waals surface area contributed by atoms with Crippen molar-refractivity contribution < 1.29 is 14.3 Å². The van der Waals surface area contributed by atoms with Crippen LogP contribution in [0.5, 0.6) is 0 Å². The molecular weight excluding hydrogens is 344 g/mol. The van der Waals surface area contributed by atoms with Gasteiger partial charge < -0.3 is 15.0 Å². The molecule has 6 nitrogen and oxygen atoms in total. The third-order valence-corrected chi connectivity index (χ3v) is 2.99. The number of aromatic nitrogens is 1. The number of alkyl halides is 1. The third-order valence-electron chi connectivity index (χ3n) is 2.80. The predicted molar refractivity (Wildman–Crippen MR) is 103 cm³/mol. The van der Waals surface area contributed by atoms with Gasteiger partial charge in [-0.25, -0.2) is 4.79 Å². The van der Waals surface area contributed by atoms with E-state index < -0.39 is 17.4 Å². The first-order valence-corrected chi connectivity index (χ1v) is 9.29. The zero-order chi connectivity index (χ0) is 19.8. The molecule has 0 aliphatic rings. The second-order valence-electron chi connectivity index (χ2n) is 4.50. The van der Waals surface area contributed by atoms with Crippen molar-refractivity contribution in [3.63, 3.8) is 0 Å². The Hall–Kier alpha value is -1.82. The lowest BCUT2D eigenvalue weighted by molar-refractivity contribution is 0.0497. The molecule has 1 amide bonds. The van der Waals surface area contributed by atoms with Crippen LogP contribution in [0, 0.1) is 6.92 Å². The summed E-state index contributed by atoms with van der Waals surface area (Å²) in [6.07, 6.45) is 1.63. The van der Waals surface area contributed by atoms with Crippen LogP contribution in [0.3, 0.4) is 0 Å². The van der Waals surface area contributed by atoms with Crippen molar-refractivity contribution in [2.75, 3.05) is 19.0 Å². The van der Waals surface area contributed by atoms with Gasteiger partial charge in [-0.05, 0) is 25.0 Å². The van der Waals surface area contributed by atoms with E-state index in [1.165, 1.54) is 6.07 Å². The number of amides is 1. The molecule has 25 heavy (non-hydrogen) atoms. The summed E-state index contributed by atoms with van der Waals surface area (Å²) in [7, 11) is 0. The number of hydrogen-bond acceptors (Lipinski definition) is 4. The molecule has 1 rings (SSSR count). The lowest BCUT2D eigenvalue weighted by Crippen LogP contribution is -2.30. The van der Waals surface area contributed by atoms with Gasteiger partial charge in [-0.2, -0.15) is 0 Å². The van der Waals surface area contributed by atoms with Gasteiger partial charge in [-0.3, -0.25) is 9.59 Å². The van der Waals surface area contributed by atoms with Crippen LogP contribution in [0.25, 0.3) is 0 Å². The number of unbranched alkanes of at least 4 members (excludes halogenated alkanes) is 1. The van der Waals surface area contributed by atoms with Gasteiger partial charge >= 0.3 is 5.97 Å². The van der Waals surface area contributed by atoms with Gasteiger partial charge in [0.15, 0.2) is 0 Å². The van der Waals surface area contributed by atoms with Crippen LogP contribution in [0.4, 0.5) is 0 Å². The first kappa shape index (κ1) is 25.4. The van der Waals surface area contributed by atoms with Crippen LogP contribution in [-0.2, 0) is 4.74 Å². The van der Waals surface area contributed by atoms with Gasteiger partial charge in [0.1, 0.15) is 11.3 Å². The lowest BCUT2D eigenvalue weighted by Gasteiger charge is -2.08. The van der Waals surface area contributed by atoms with E-state index in [1.807, 2.05) is 34.6 Å². The normalized spacial score (nSPS) is 9.08. The molecule has 0 saturated heterocycles. The van der Waals surface area contributed by atoms with Crippen LogP contribution in [-0.4, -0.2) is 35.9 Å². The van der Waals surface area contributed by atoms with Crippen molar-refractivity contribution >= 4 is 23.5 Å². The summed E-state index contributed by atoms with van der Waals surface area (Å²) < 4.78 is 4.99. The summed E-state index contributed by atoms with van der Waals surface area (Å²) in [6.45, 7) is 12.2. The molecule has 2 N–H and O–H groups in total. The second kappa shape index (κ2) is 15.7. The Balaban J connectivity index is 0. The summed E-state index contributed by atoms with van der Waals surface area (Å²) in [5.74, 6) is -0.840. The first-order valence-electron chi connectivity index (χ1n) is 8.76. The van der Waals surface area contributed by atoms with Gasteiger partial charge in [0.2, 0.25) is 0 Å². The van der Waals surface area contributed by atoms with Crippen molar-refractivity contribution in [2.24, 2.45) is 0 Å². The molecule has 0 radical (unpaired) electrons. The molecule has 1 aromatic heterocycles. The molecule has 0 spiro atoms. The molecule has 1 heterocycles. The zero-order valence-electron chi connectivity index (χ0n) is 16.1. The molecule has 0 aliphatic carbocycles. The Labute approximate surface area is 155 Å². The Morgan fingerprint density at radius 3 is 2.36 bits per heavy atom. The fourth-order valence-corrected chi connectivity index (χ4v) is 1.75. The minimum absolute atomic E-state index is 0.0995. The number of esters is 1. The van der Waals surface area contributed by atoms with Gasteiger partial charge in [0.05, 0.1) is 6.61 Å². The average molecular weight is 375 g/mol. The molecule has 144 valence electrons. The van der Waals surface area contributed by atoms with E-state index in [0.717, 1.165) is 12.8 Å². The number of nitrogens with one attached hydrogen (secondary N) is 2. The van der Waals surface area contributed by atoms with Gasteiger partial charge in [0, 0.05) is 12.4 Å². The monoisotopic (exact) mass is 374 g/mol. The Morgan fingerprint density at radius 1 is 1.24 bits per heavy atom. The number of rotatable bonds is 7. The Bertz CT molecular complexity index is 571. The molecular formula is C18H31ClN2O4. The van der Waals surface area contributed by atoms with Crippen LogP contribution < -0.4 is 10.9 Å². The predicted octanol–water partition coefficient (Wildman–Crippen LogP) is 3.66. The van der Waals surface area contributed by atoms with E-state index in [1.54, 1.807) is 6.92 Å². The number of H-pyrrole nitrogens is 1. The highest BCUT2D eigenvalue weighted by atomic mass is 35.5. The highest BCUT2D eigenvalue weighted by molar-refractivity contribution is 6.18. The zero-order valence-corrected chi connectivity index (χ0v) is 16.9. The summed E-state index contributed by atoms with van der Waals surface area (Å²) in [4.78, 5) is 37.9. The maximum absolute atomic E-state index is 11.9. The SMILES string of the molecule is CC.CC.CCCCOC(=O)c1cc(C)c(C(=O)NCCCl)[nH]c1=O. The van der Waals surface area contributed by atoms with Crippen LogP contribution in [0.2, 0.25) is 0 Å². The van der Waals surface area contributed by atoms with E-state index in [-0.39, 0.29) is 23.7 Å². The lowest BCUT2D eigenvalue weighted by atomic mass is 10.1. The fraction of sp³-hybridized carbons (Fsp3) is 0.611. The molecule has 1 aromatic rings. The number of halogens is 1. The van der Waals surface area contributed by atoms with E-state index in [0.29, 0.717) is 12.1 Å². The van der Waals surface area contributed by atoms with E-state index in [2.05, 4.69) is 10.3 Å². The molecule has 0 fully saturated rings. The first-order chi connectivity index (χ1) is 12.0. The molecule has 0 saturated carbocycles. The number of pyridine rings is 1. The van der Waals surface area contributed by atoms with Gasteiger partial charge in [0.25, 0.3) is 11.5 Å². The fourth-order valence-electron chi connectivity index (χ4n) is 1.66. The number of ether oxygens (including phenoxy) is 1. The highest BCUT2D eigenvalue weighted by Gasteiger charge is 2.17. The van der Waals surface area contributed by atoms with Crippen molar-refractivity contribution in [1.29, 1.82) is 0 Å². The molecule has 0 aromatic carbocycles. The van der Waals surface area contributed by atoms with Crippen LogP contribution in [0.1, 0.15) is 73.9 Å². The van der Waals surface area contributed by atoms with Crippen LogP contribution in [0.15, 0.2) is 10.9 Å². The largest absolute Gasteiger partial charge is 0.462 e. The molecule has 7 heteroatoms. The minimum Gasteiger partial charge on any atom is -0.462 e. The molecule has 0 aliphatic heterocycles. The topological polar surface area (TPSA) is 88.3 Å². The highest BCUT2D eigenvalue weighted by Crippen LogP contribution is 2.06. The quantitative estimate of drug-likeness (QED) is 0.433. The smallest absolute Gasteiger partial charge is 0.343 e. The summed E-state index contributed by atoms with van der Waals surface area (Å²) in [5, 5.41) is 2.55. The third kappa shape index (κ3) is 9.29. The number of carbonyl (C=O) groups is 2. The van der Waals surface area contributed by atoms with E-state index >= 15 is 0 Å². The Morgan fingerprint density at radius 2 is 1.84 bits per heavy atom. The van der Waals surface area contributed by atoms with Crippen molar-refractivity contribution in [3.05, 3.63) is 33.2 Å². The number of aromatic amines is 1. The number of carbonyl (C=O) groups excluding carboxylic acids is 2. The van der Waals surface area contributed by atoms with E-state index in [9.17, 15) is 14.4 Å². The summed E-state index contributed by atoms with van der Waals surface area (Å²) in [6, 6.07) is 1.36. The number of hydrogen-bond donors (Lipinski definition) is 2. The number of aryl methyl sites for hydroxylation is 1. The minimum atomic E-state index is -0.680. The van der Waals surface area contributed by atoms with Gasteiger partial charge in [-0.1, -0.05) is 41.0 Å². The van der Waals surface area contributed by atoms with Crippen LogP contribution >= 0.6 is 11.6 Å². The molecule has 0 bridgehead atoms. The molecule has 0 unspecified atom stereocenters. The maximum atomic E-state index is 11.9. The van der Waals surface area contributed by atoms with Gasteiger partial charge in [-0.15, -0.1) is 11.6 Å². The van der Waals surface area contributed by atoms with Crippen molar-refractivity contribution in [1.82, 2.24) is 10.3 Å².